The van der Waals surface area contributed by atoms with Gasteiger partial charge in [-0.3, -0.25) is 10.1 Å². The predicted molar refractivity (Wildman–Crippen MR) is 23.6 cm³/mol. The van der Waals surface area contributed by atoms with Gasteiger partial charge in [0.05, 0.1) is 6.26 Å². The van der Waals surface area contributed by atoms with Crippen molar-refractivity contribution in [3.8, 4) is 0 Å². The molecule has 0 radical (unpaired) electrons. The third kappa shape index (κ3) is 4.94. The molecule has 0 aliphatic heterocycles. The van der Waals surface area contributed by atoms with Crippen molar-refractivity contribution in [3.05, 3.63) is 22.5 Å². The van der Waals surface area contributed by atoms with Crippen molar-refractivity contribution in [2.24, 2.45) is 0 Å². The van der Waals surface area contributed by atoms with Gasteiger partial charge in [0.15, 0.2) is 0 Å². The first-order valence-electron chi connectivity index (χ1n) is 1.68. The molecule has 0 spiro atoms. The zero-order valence-corrected chi connectivity index (χ0v) is 3.57. The van der Waals surface area contributed by atoms with Gasteiger partial charge in [0.25, 0.3) is 0 Å². The summed E-state index contributed by atoms with van der Waals surface area (Å²) >= 11 is 0. The zero-order valence-electron chi connectivity index (χ0n) is 3.57. The molecule has 0 aromatic heterocycles. The van der Waals surface area contributed by atoms with Gasteiger partial charge < -0.3 is 5.11 Å². The summed E-state index contributed by atoms with van der Waals surface area (Å²) in [5.41, 5.74) is 0. The van der Waals surface area contributed by atoms with E-state index in [1.807, 2.05) is 0 Å². The van der Waals surface area contributed by atoms with Crippen LogP contribution in [-0.4, -0.2) is 16.6 Å². The van der Waals surface area contributed by atoms with E-state index in [0.29, 0.717) is 6.26 Å². The van der Waals surface area contributed by atoms with Crippen molar-refractivity contribution in [3.63, 3.8) is 0 Å². The van der Waals surface area contributed by atoms with Crippen LogP contribution in [0, 0.1) is 10.1 Å². The Balaban J connectivity index is 3.14. The van der Waals surface area contributed by atoms with Gasteiger partial charge in [0.1, 0.15) is 0 Å². The lowest BCUT2D eigenvalue weighted by Gasteiger charge is -1.77. The van der Waals surface area contributed by atoms with Gasteiger partial charge in [-0.1, -0.05) is 0 Å². The second-order valence-electron chi connectivity index (χ2n) is 0.900. The number of rotatable bonds is 2. The van der Waals surface area contributed by atoms with E-state index in [2.05, 4.69) is 0 Å². The second-order valence-corrected chi connectivity index (χ2v) is 0.900. The van der Waals surface area contributed by atoms with Crippen LogP contribution in [0.1, 0.15) is 0 Å². The fourth-order valence-electron chi connectivity index (χ4n) is 0.133. The minimum Gasteiger partial charge on any atom is -0.516 e. The molecular weight excluding hydrogens is 98.0 g/mol. The molecule has 0 saturated heterocycles. The van der Waals surface area contributed by atoms with Gasteiger partial charge in [0, 0.05) is 11.0 Å². The van der Waals surface area contributed by atoms with E-state index < -0.39 is 4.92 Å². The Bertz CT molecular complexity index is 88.2. The van der Waals surface area contributed by atoms with Crippen LogP contribution < -0.4 is 0 Å². The van der Waals surface area contributed by atoms with Crippen molar-refractivity contribution < 1.29 is 10.0 Å². The molecule has 4 heteroatoms. The molecule has 0 fully saturated rings. The van der Waals surface area contributed by atoms with Crippen LogP contribution in [0.2, 0.25) is 0 Å². The van der Waals surface area contributed by atoms with Gasteiger partial charge in [-0.05, 0) is 0 Å². The average molecular weight is 103 g/mol. The molecular formula is C3H5NO3. The third-order valence-electron chi connectivity index (χ3n) is 0.360. The van der Waals surface area contributed by atoms with Crippen molar-refractivity contribution in [2.75, 3.05) is 6.54 Å². The predicted octanol–water partition coefficient (Wildman–Crippen LogP) is 0.335. The molecule has 0 aromatic carbocycles. The minimum absolute atomic E-state index is 0.309. The quantitative estimate of drug-likeness (QED) is 0.311. The van der Waals surface area contributed by atoms with E-state index in [9.17, 15) is 10.1 Å². The van der Waals surface area contributed by atoms with Crippen molar-refractivity contribution in [1.29, 1.82) is 0 Å². The maximum Gasteiger partial charge on any atom is 0.225 e. The number of aliphatic hydroxyl groups excluding tert-OH is 1. The fourth-order valence-corrected chi connectivity index (χ4v) is 0.133. The Kier molecular flexibility index (Phi) is 2.67. The van der Waals surface area contributed by atoms with Gasteiger partial charge in [-0.2, -0.15) is 0 Å². The molecule has 1 N–H and O–H groups in total. The summed E-state index contributed by atoms with van der Waals surface area (Å²) in [4.78, 5) is 8.87. The molecule has 0 aliphatic rings. The Morgan fingerprint density at radius 1 is 1.86 bits per heavy atom. The normalized spacial score (nSPS) is 9.71. The van der Waals surface area contributed by atoms with E-state index in [1.165, 1.54) is 0 Å². The largest absolute Gasteiger partial charge is 0.516 e. The van der Waals surface area contributed by atoms with Crippen LogP contribution >= 0.6 is 0 Å². The first kappa shape index (κ1) is 5.94. The zero-order chi connectivity index (χ0) is 5.70. The summed E-state index contributed by atoms with van der Waals surface area (Å²) in [7, 11) is 0. The summed E-state index contributed by atoms with van der Waals surface area (Å²) in [6.45, 7) is -0.309. The fraction of sp³-hybridized carbons (Fsp3) is 0.333. The average Bonchev–Trinajstić information content (AvgIpc) is 1.61. The molecule has 4 nitrogen and oxygen atoms in total. The Hall–Kier alpha value is -1.06. The highest BCUT2D eigenvalue weighted by molar-refractivity contribution is 4.68. The van der Waals surface area contributed by atoms with Crippen LogP contribution in [0.3, 0.4) is 0 Å². The van der Waals surface area contributed by atoms with Gasteiger partial charge in [-0.15, -0.1) is 0 Å². The molecule has 0 aliphatic carbocycles. The lowest BCUT2D eigenvalue weighted by molar-refractivity contribution is -0.468. The molecule has 0 heterocycles. The SMILES string of the molecule is O=[N+]([O-])C/C=C/O. The molecule has 7 heavy (non-hydrogen) atoms. The second kappa shape index (κ2) is 3.14. The molecule has 40 valence electrons. The number of hydrogen-bond donors (Lipinski definition) is 1. The number of aliphatic hydroxyl groups is 1. The highest BCUT2D eigenvalue weighted by Gasteiger charge is 1.84. The van der Waals surface area contributed by atoms with Crippen LogP contribution in [0.4, 0.5) is 0 Å². The summed E-state index contributed by atoms with van der Waals surface area (Å²) in [6, 6.07) is 0. The highest BCUT2D eigenvalue weighted by atomic mass is 16.6. The maximum atomic E-state index is 9.40. The van der Waals surface area contributed by atoms with Crippen LogP contribution in [0.25, 0.3) is 0 Å². The maximum absolute atomic E-state index is 9.40. The van der Waals surface area contributed by atoms with E-state index in [1.54, 1.807) is 0 Å². The number of nitro groups is 1. The first-order chi connectivity index (χ1) is 3.27. The highest BCUT2D eigenvalue weighted by Crippen LogP contribution is 1.68. The Morgan fingerprint density at radius 3 is 2.57 bits per heavy atom. The van der Waals surface area contributed by atoms with Crippen molar-refractivity contribution in [2.45, 2.75) is 0 Å². The molecule has 0 atom stereocenters. The van der Waals surface area contributed by atoms with Crippen molar-refractivity contribution >= 4 is 0 Å². The van der Waals surface area contributed by atoms with Crippen LogP contribution in [0.15, 0.2) is 12.3 Å². The monoisotopic (exact) mass is 103 g/mol. The molecule has 0 rings (SSSR count). The summed E-state index contributed by atoms with van der Waals surface area (Å²) in [5.74, 6) is 0. The third-order valence-corrected chi connectivity index (χ3v) is 0.360. The van der Waals surface area contributed by atoms with Gasteiger partial charge in [0.2, 0.25) is 6.54 Å². The van der Waals surface area contributed by atoms with Crippen molar-refractivity contribution in [1.82, 2.24) is 0 Å². The summed E-state index contributed by atoms with van der Waals surface area (Å²) in [5, 5.41) is 17.2. The Morgan fingerprint density at radius 2 is 2.43 bits per heavy atom. The van der Waals surface area contributed by atoms with Gasteiger partial charge >= 0.3 is 0 Å². The minimum atomic E-state index is -0.535. The first-order valence-corrected chi connectivity index (χ1v) is 1.68. The number of hydrogen-bond acceptors (Lipinski definition) is 3. The number of nitrogens with zero attached hydrogens (tertiary/aromatic N) is 1. The van der Waals surface area contributed by atoms with E-state index in [-0.39, 0.29) is 6.54 Å². The molecule has 0 bridgehead atoms. The van der Waals surface area contributed by atoms with E-state index in [0.717, 1.165) is 6.08 Å². The van der Waals surface area contributed by atoms with Crippen LogP contribution in [0.5, 0.6) is 0 Å². The lowest BCUT2D eigenvalue weighted by atomic mass is 10.6. The molecule has 0 saturated carbocycles. The van der Waals surface area contributed by atoms with Gasteiger partial charge in [-0.25, -0.2) is 0 Å². The molecule has 0 unspecified atom stereocenters. The van der Waals surface area contributed by atoms with Crippen LogP contribution in [-0.2, 0) is 0 Å². The van der Waals surface area contributed by atoms with E-state index >= 15 is 0 Å². The lowest BCUT2D eigenvalue weighted by Crippen LogP contribution is -1.95. The summed E-state index contributed by atoms with van der Waals surface area (Å²) < 4.78 is 0. The van der Waals surface area contributed by atoms with E-state index in [4.69, 9.17) is 5.11 Å². The Labute approximate surface area is 40.2 Å². The topological polar surface area (TPSA) is 63.4 Å². The smallest absolute Gasteiger partial charge is 0.225 e. The molecule has 0 aromatic rings. The molecule has 0 amide bonds. The standard InChI is InChI=1S/C3H5NO3/c5-3-1-2-4(6)7/h1,3,5H,2H2/b3-1+. The summed E-state index contributed by atoms with van der Waals surface area (Å²) in [6.07, 6.45) is 1.71.